The van der Waals surface area contributed by atoms with Crippen molar-refractivity contribution in [3.63, 3.8) is 0 Å². The number of hydrogen-bond acceptors (Lipinski definition) is 5. The smallest absolute Gasteiger partial charge is 0.266 e. The third-order valence-corrected chi connectivity index (χ3v) is 14.1. The topological polar surface area (TPSA) is 93.8 Å². The van der Waals surface area contributed by atoms with E-state index in [1.54, 1.807) is 54.4 Å². The molecule has 8 rings (SSSR count). The van der Waals surface area contributed by atoms with Crippen LogP contribution in [0.1, 0.15) is 17.5 Å². The van der Waals surface area contributed by atoms with Crippen molar-refractivity contribution in [2.45, 2.75) is 33.1 Å². The van der Waals surface area contributed by atoms with Crippen LogP contribution in [0.4, 0.5) is 5.69 Å². The van der Waals surface area contributed by atoms with E-state index in [0.29, 0.717) is 5.69 Å². The van der Waals surface area contributed by atoms with Crippen molar-refractivity contribution in [2.24, 2.45) is 0 Å². The summed E-state index contributed by atoms with van der Waals surface area (Å²) in [6.07, 6.45) is 1.12. The summed E-state index contributed by atoms with van der Waals surface area (Å²) in [5.74, 6) is -0.503. The molecule has 5 atom stereocenters. The third-order valence-electron chi connectivity index (χ3n) is 8.80. The first-order chi connectivity index (χ1) is 18.8. The molecule has 1 N–H and O–H groups in total. The van der Waals surface area contributed by atoms with E-state index in [4.69, 9.17) is 11.2 Å². The Balaban J connectivity index is 1.50. The number of rotatable bonds is 3. The summed E-state index contributed by atoms with van der Waals surface area (Å²) < 4.78 is 30.4. The molecule has 5 heterocycles. The number of sulfonamides is 1. The highest BCUT2D eigenvalue weighted by atomic mass is 32.8. The van der Waals surface area contributed by atoms with Gasteiger partial charge in [0.25, 0.3) is 21.8 Å². The highest BCUT2D eigenvalue weighted by molar-refractivity contribution is 8.31. The lowest BCUT2D eigenvalue weighted by Gasteiger charge is -2.40. The van der Waals surface area contributed by atoms with Crippen LogP contribution in [0, 0.1) is 0 Å². The molecule has 39 heavy (non-hydrogen) atoms. The van der Waals surface area contributed by atoms with Crippen LogP contribution >= 0.6 is 0 Å². The summed E-state index contributed by atoms with van der Waals surface area (Å²) in [5, 5.41) is 0.152. The number of hydrogen-bond donors (Lipinski definition) is 1. The van der Waals surface area contributed by atoms with Gasteiger partial charge in [-0.1, -0.05) is 64.1 Å². The summed E-state index contributed by atoms with van der Waals surface area (Å²) in [7, 11) is -3.58. The van der Waals surface area contributed by atoms with Gasteiger partial charge in [0.1, 0.15) is 6.17 Å². The van der Waals surface area contributed by atoms with E-state index >= 15 is 0 Å². The molecule has 1 spiro atoms. The molecule has 3 fully saturated rings. The van der Waals surface area contributed by atoms with Gasteiger partial charge in [-0.2, -0.15) is 0 Å². The van der Waals surface area contributed by atoms with Crippen LogP contribution in [-0.2, 0) is 45.7 Å². The van der Waals surface area contributed by atoms with Crippen LogP contribution in [0.2, 0.25) is 0 Å². The number of aromatic nitrogens is 1. The zero-order chi connectivity index (χ0) is 26.9. The number of piperazine rings is 1. The summed E-state index contributed by atoms with van der Waals surface area (Å²) in [6, 6.07) is 23.5. The van der Waals surface area contributed by atoms with Crippen molar-refractivity contribution in [1.82, 2.24) is 14.8 Å². The summed E-state index contributed by atoms with van der Waals surface area (Å²) in [5.41, 5.74) is 1.99. The lowest BCUT2D eigenvalue weighted by Crippen LogP contribution is -2.63. The zero-order valence-electron chi connectivity index (χ0n) is 20.6. The number of anilines is 1. The fraction of sp³-hybridized carbons (Fsp3) is 0.214. The van der Waals surface area contributed by atoms with Gasteiger partial charge in [0.2, 0.25) is 0 Å². The number of para-hydroxylation sites is 2. The van der Waals surface area contributed by atoms with Crippen LogP contribution in [-0.4, -0.2) is 58.5 Å². The number of amides is 2. The van der Waals surface area contributed by atoms with Gasteiger partial charge < -0.3 is 9.88 Å². The first kappa shape index (κ1) is 23.4. The fourth-order valence-corrected chi connectivity index (χ4v) is 12.4. The minimum atomic E-state index is -4.15. The maximum absolute atomic E-state index is 14.5. The number of carbonyl (C=O) groups is 2. The summed E-state index contributed by atoms with van der Waals surface area (Å²) >= 11 is 5.97. The molecule has 0 aliphatic carbocycles. The molecular weight excluding hydrogens is 553 g/mol. The Morgan fingerprint density at radius 2 is 1.64 bits per heavy atom. The molecule has 4 aliphatic heterocycles. The average Bonchev–Trinajstić information content (AvgIpc) is 3.67. The van der Waals surface area contributed by atoms with Crippen molar-refractivity contribution >= 4 is 59.1 Å². The largest absolute Gasteiger partial charge is 0.361 e. The van der Waals surface area contributed by atoms with Crippen molar-refractivity contribution in [1.29, 1.82) is 0 Å². The molecule has 0 saturated carbocycles. The Labute approximate surface area is 231 Å². The standard InChI is InChI=1S/C28H22N4O4S3/c1-30-24-23(33)31-25-27(16-28(31,26(30)34)38(24)37,20-15-29-21-13-7-5-11-18(20)21)19-12-6-8-14-22(19)32(25)39(35,36)17-9-3-2-4-10-17/h2-15,24-25,29H,16H2,1H3/t24?,25-,27+,28-,38-/m0/s1. The second-order valence-corrected chi connectivity index (χ2v) is 15.1. The first-order valence-electron chi connectivity index (χ1n) is 12.5. The van der Waals surface area contributed by atoms with Gasteiger partial charge in [-0.3, -0.25) is 14.5 Å². The Morgan fingerprint density at radius 3 is 2.44 bits per heavy atom. The number of nitrogens with zero attached hydrogens (tertiary/aromatic N) is 3. The molecule has 4 aliphatic rings. The first-order valence-corrected chi connectivity index (χ1v) is 16.2. The van der Waals surface area contributed by atoms with E-state index < -0.39 is 41.3 Å². The van der Waals surface area contributed by atoms with Crippen LogP contribution < -0.4 is 4.31 Å². The molecule has 8 nitrogen and oxygen atoms in total. The summed E-state index contributed by atoms with van der Waals surface area (Å²) in [4.78, 5) is 33.3. The van der Waals surface area contributed by atoms with Crippen molar-refractivity contribution in [3.8, 4) is 0 Å². The predicted molar refractivity (Wildman–Crippen MR) is 151 cm³/mol. The SMILES string of the molecule is CN1C(=O)[C@@]23C[C@]4(c5c[nH]c6ccccc56)c5ccccc5N(S(=O)(=O)c5ccccc5)[C@@H]4N2C(=O)C1[S@@]3=S. The van der Waals surface area contributed by atoms with E-state index in [1.807, 2.05) is 42.6 Å². The van der Waals surface area contributed by atoms with Gasteiger partial charge in [0.15, 0.2) is 10.2 Å². The Morgan fingerprint density at radius 1 is 0.949 bits per heavy atom. The number of nitrogens with one attached hydrogen (secondary N) is 1. The van der Waals surface area contributed by atoms with Crippen LogP contribution in [0.5, 0.6) is 0 Å². The Hall–Kier alpha value is -3.54. The van der Waals surface area contributed by atoms with Crippen LogP contribution in [0.25, 0.3) is 10.9 Å². The molecule has 196 valence electrons. The normalized spacial score (nSPS) is 30.8. The Kier molecular flexibility index (Phi) is 4.40. The Bertz CT molecular complexity index is 1890. The van der Waals surface area contributed by atoms with Gasteiger partial charge in [-0.05, 0) is 46.6 Å². The third kappa shape index (κ3) is 2.46. The van der Waals surface area contributed by atoms with Gasteiger partial charge in [0, 0.05) is 30.6 Å². The highest BCUT2D eigenvalue weighted by Crippen LogP contribution is 2.66. The van der Waals surface area contributed by atoms with Crippen molar-refractivity contribution in [2.75, 3.05) is 11.4 Å². The minimum absolute atomic E-state index is 0.119. The van der Waals surface area contributed by atoms with Crippen molar-refractivity contribution < 1.29 is 18.0 Å². The second-order valence-electron chi connectivity index (χ2n) is 10.5. The number of carbonyl (C=O) groups excluding carboxylic acids is 2. The molecule has 4 aromatic rings. The quantitative estimate of drug-likeness (QED) is 0.406. The van der Waals surface area contributed by atoms with Crippen LogP contribution in [0.3, 0.4) is 0 Å². The molecule has 1 unspecified atom stereocenters. The number of fused-ring (bicyclic) bond motifs is 6. The highest BCUT2D eigenvalue weighted by Gasteiger charge is 2.81. The lowest BCUT2D eigenvalue weighted by molar-refractivity contribution is -0.154. The maximum atomic E-state index is 14.5. The predicted octanol–water partition coefficient (Wildman–Crippen LogP) is 2.81. The maximum Gasteiger partial charge on any atom is 0.266 e. The number of aromatic amines is 1. The number of likely N-dealkylation sites (N-methyl/N-ethyl adjacent to an activating group) is 1. The molecule has 11 heteroatoms. The zero-order valence-corrected chi connectivity index (χ0v) is 23.1. The molecule has 3 aromatic carbocycles. The fourth-order valence-electron chi connectivity index (χ4n) is 7.29. The average molecular weight is 575 g/mol. The van der Waals surface area contributed by atoms with Gasteiger partial charge in [0.05, 0.1) is 16.0 Å². The summed E-state index contributed by atoms with van der Waals surface area (Å²) in [6.45, 7) is 0. The van der Waals surface area contributed by atoms with Gasteiger partial charge in [-0.15, -0.1) is 0 Å². The second kappa shape index (κ2) is 7.35. The van der Waals surface area contributed by atoms with Gasteiger partial charge >= 0.3 is 0 Å². The number of benzene rings is 3. The van der Waals surface area contributed by atoms with E-state index in [0.717, 1.165) is 22.0 Å². The minimum Gasteiger partial charge on any atom is -0.361 e. The molecule has 2 amide bonds. The van der Waals surface area contributed by atoms with E-state index in [2.05, 4.69) is 4.98 Å². The molecule has 0 radical (unpaired) electrons. The molecule has 2 bridgehead atoms. The van der Waals surface area contributed by atoms with E-state index in [-0.39, 0.29) is 23.1 Å². The van der Waals surface area contributed by atoms with Gasteiger partial charge in [-0.25, -0.2) is 12.7 Å². The monoisotopic (exact) mass is 574 g/mol. The molecular formula is C28H22N4O4S3. The molecule has 1 aromatic heterocycles. The van der Waals surface area contributed by atoms with E-state index in [1.165, 1.54) is 9.21 Å². The van der Waals surface area contributed by atoms with Crippen molar-refractivity contribution in [3.05, 3.63) is 96.2 Å². The molecule has 3 saturated heterocycles. The van der Waals surface area contributed by atoms with Crippen LogP contribution in [0.15, 0.2) is 90.0 Å². The van der Waals surface area contributed by atoms with E-state index in [9.17, 15) is 18.0 Å². The number of H-pyrrole nitrogens is 1. The lowest BCUT2D eigenvalue weighted by atomic mass is 9.72.